The summed E-state index contributed by atoms with van der Waals surface area (Å²) in [6.07, 6.45) is 1.44. The number of hydrogen-bond donors (Lipinski definition) is 0. The quantitative estimate of drug-likeness (QED) is 0.134. The average Bonchev–Trinajstić information content (AvgIpc) is 3.62. The van der Waals surface area contributed by atoms with Crippen molar-refractivity contribution < 1.29 is 36.7 Å². The van der Waals surface area contributed by atoms with Gasteiger partial charge in [0.05, 0.1) is 41.9 Å². The zero-order valence-corrected chi connectivity index (χ0v) is 28.2. The van der Waals surface area contributed by atoms with Gasteiger partial charge in [-0.3, -0.25) is 9.69 Å². The molecule has 0 saturated heterocycles. The zero-order chi connectivity index (χ0) is 34.6. The molecule has 10 nitrogen and oxygen atoms in total. The van der Waals surface area contributed by atoms with Crippen LogP contribution in [0.5, 0.6) is 0 Å². The van der Waals surface area contributed by atoms with E-state index in [4.69, 9.17) is 13.9 Å². The second kappa shape index (κ2) is 14.2. The lowest BCUT2D eigenvalue weighted by Gasteiger charge is -2.21. The molecule has 4 aromatic rings. The summed E-state index contributed by atoms with van der Waals surface area (Å²) in [5, 5.41) is 0. The third-order valence-corrected chi connectivity index (χ3v) is 9.67. The molecule has 0 atom stereocenters. The largest absolute Gasteiger partial charge is 0.465 e. The number of allylic oxidation sites excluding steroid dienone is 1. The van der Waals surface area contributed by atoms with E-state index in [9.17, 15) is 22.8 Å². The number of esters is 2. The lowest BCUT2D eigenvalue weighted by atomic mass is 10.1. The van der Waals surface area contributed by atoms with Crippen LogP contribution in [0, 0.1) is 13.8 Å². The van der Waals surface area contributed by atoms with Gasteiger partial charge >= 0.3 is 11.9 Å². The lowest BCUT2D eigenvalue weighted by molar-refractivity contribution is -0.136. The highest BCUT2D eigenvalue weighted by Gasteiger charge is 2.38. The first kappa shape index (κ1) is 34.1. The molecule has 2 heterocycles. The van der Waals surface area contributed by atoms with Crippen LogP contribution in [0.1, 0.15) is 52.4 Å². The number of aryl methyl sites for hydroxylation is 2. The molecule has 0 saturated carbocycles. The maximum absolute atomic E-state index is 13.8. The fraction of sp³-hybridized carbons (Fsp3) is 0.216. The topological polar surface area (TPSA) is 123 Å². The molecule has 0 spiro atoms. The van der Waals surface area contributed by atoms with E-state index in [1.54, 1.807) is 74.5 Å². The molecule has 1 aliphatic rings. The second-order valence-corrected chi connectivity index (χ2v) is 13.2. The van der Waals surface area contributed by atoms with Gasteiger partial charge in [0.15, 0.2) is 0 Å². The summed E-state index contributed by atoms with van der Waals surface area (Å²) in [4.78, 5) is 40.3. The molecule has 5 rings (SSSR count). The minimum Gasteiger partial charge on any atom is -0.465 e. The highest BCUT2D eigenvalue weighted by molar-refractivity contribution is 7.89. The Hall–Kier alpha value is -5.26. The normalized spacial score (nSPS) is 14.2. The number of nitrogens with zero attached hydrogens (tertiary/aromatic N) is 2. The standard InChI is InChI=1S/C37H36N2O8S/c1-6-46-36(41)28-13-15-29(16-14-28)39-26(4)34(37(42)45-5)33(35(39)40)21-30-17-18-31(47-30)23-38(22-27-11-7-24(2)8-12-27)48(43,44)32-19-9-25(3)10-20-32/h7-21H,6,22-23H2,1-5H3/b33-21+. The SMILES string of the molecule is CCOC(=O)c1ccc(N2C(=O)/C(=C/c3ccc(CN(Cc4ccc(C)cc4)S(=O)(=O)c4ccc(C)cc4)o3)C(C(=O)OC)=C2C)cc1. The van der Waals surface area contributed by atoms with Crippen LogP contribution in [0.15, 0.2) is 111 Å². The highest BCUT2D eigenvalue weighted by atomic mass is 32.2. The van der Waals surface area contributed by atoms with Crippen molar-refractivity contribution in [3.05, 3.63) is 136 Å². The Morgan fingerprint density at radius 3 is 2.06 bits per heavy atom. The van der Waals surface area contributed by atoms with Crippen molar-refractivity contribution in [1.29, 1.82) is 0 Å². The van der Waals surface area contributed by atoms with Crippen LogP contribution in [0.25, 0.3) is 6.08 Å². The van der Waals surface area contributed by atoms with Crippen molar-refractivity contribution in [2.24, 2.45) is 0 Å². The minimum absolute atomic E-state index is 0.0403. The second-order valence-electron chi connectivity index (χ2n) is 11.3. The van der Waals surface area contributed by atoms with Gasteiger partial charge in [-0.25, -0.2) is 18.0 Å². The number of methoxy groups -OCH3 is 1. The van der Waals surface area contributed by atoms with E-state index < -0.39 is 27.9 Å². The van der Waals surface area contributed by atoms with Crippen LogP contribution in [0.2, 0.25) is 0 Å². The van der Waals surface area contributed by atoms with Crippen molar-refractivity contribution in [2.75, 3.05) is 18.6 Å². The first-order valence-electron chi connectivity index (χ1n) is 15.3. The Labute approximate surface area is 279 Å². The summed E-state index contributed by atoms with van der Waals surface area (Å²) in [6.45, 7) is 7.42. The summed E-state index contributed by atoms with van der Waals surface area (Å²) >= 11 is 0. The number of ether oxygens (including phenoxy) is 2. The van der Waals surface area contributed by atoms with E-state index >= 15 is 0 Å². The Morgan fingerprint density at radius 1 is 0.833 bits per heavy atom. The van der Waals surface area contributed by atoms with Crippen LogP contribution in [0.3, 0.4) is 0 Å². The van der Waals surface area contributed by atoms with Gasteiger partial charge in [-0.1, -0.05) is 47.5 Å². The van der Waals surface area contributed by atoms with E-state index in [-0.39, 0.29) is 41.5 Å². The number of rotatable bonds is 11. The molecule has 0 N–H and O–H groups in total. The first-order chi connectivity index (χ1) is 22.9. The number of furan rings is 1. The predicted octanol–water partition coefficient (Wildman–Crippen LogP) is 6.34. The molecule has 0 fully saturated rings. The third-order valence-electron chi connectivity index (χ3n) is 7.87. The van der Waals surface area contributed by atoms with E-state index in [0.717, 1.165) is 16.7 Å². The fourth-order valence-corrected chi connectivity index (χ4v) is 6.70. The molecule has 1 aliphatic heterocycles. The molecule has 1 aromatic heterocycles. The molecule has 3 aromatic carbocycles. The Bertz CT molecular complexity index is 2010. The smallest absolute Gasteiger partial charge is 0.340 e. The summed E-state index contributed by atoms with van der Waals surface area (Å²) in [7, 11) is -2.70. The van der Waals surface area contributed by atoms with Gasteiger partial charge < -0.3 is 13.9 Å². The highest BCUT2D eigenvalue weighted by Crippen LogP contribution is 2.36. The van der Waals surface area contributed by atoms with Gasteiger partial charge in [0.2, 0.25) is 10.0 Å². The van der Waals surface area contributed by atoms with Crippen LogP contribution in [0.4, 0.5) is 5.69 Å². The Morgan fingerprint density at radius 2 is 1.46 bits per heavy atom. The van der Waals surface area contributed by atoms with Crippen LogP contribution in [-0.4, -0.2) is 44.3 Å². The number of anilines is 1. The Balaban J connectivity index is 1.46. The molecule has 0 bridgehead atoms. The lowest BCUT2D eigenvalue weighted by Crippen LogP contribution is -2.30. The van der Waals surface area contributed by atoms with Crippen molar-refractivity contribution >= 4 is 39.6 Å². The molecular weight excluding hydrogens is 632 g/mol. The van der Waals surface area contributed by atoms with Gasteiger partial charge in [0, 0.05) is 17.9 Å². The summed E-state index contributed by atoms with van der Waals surface area (Å²) < 4.78 is 45.1. The number of sulfonamides is 1. The van der Waals surface area contributed by atoms with Crippen molar-refractivity contribution in [3.8, 4) is 0 Å². The third kappa shape index (κ3) is 7.17. The summed E-state index contributed by atoms with van der Waals surface area (Å²) in [5.41, 5.74) is 3.98. The number of carbonyl (C=O) groups is 3. The van der Waals surface area contributed by atoms with Gasteiger partial charge in [0.25, 0.3) is 5.91 Å². The average molecular weight is 669 g/mol. The molecule has 0 aliphatic carbocycles. The van der Waals surface area contributed by atoms with Gasteiger partial charge in [-0.15, -0.1) is 0 Å². The summed E-state index contributed by atoms with van der Waals surface area (Å²) in [5.74, 6) is -1.12. The molecule has 1 amide bonds. The number of carbonyl (C=O) groups excluding carboxylic acids is 3. The number of hydrogen-bond acceptors (Lipinski definition) is 8. The minimum atomic E-state index is -3.93. The fourth-order valence-electron chi connectivity index (χ4n) is 5.31. The van der Waals surface area contributed by atoms with Crippen LogP contribution >= 0.6 is 0 Å². The monoisotopic (exact) mass is 668 g/mol. The maximum atomic E-state index is 13.8. The number of amides is 1. The van der Waals surface area contributed by atoms with Crippen LogP contribution in [-0.2, 0) is 42.2 Å². The van der Waals surface area contributed by atoms with Gasteiger partial charge in [0.1, 0.15) is 11.5 Å². The number of benzene rings is 3. The molecule has 0 radical (unpaired) electrons. The molecule has 248 valence electrons. The van der Waals surface area contributed by atoms with Crippen LogP contribution < -0.4 is 4.90 Å². The molecular formula is C37H36N2O8S. The van der Waals surface area contributed by atoms with Crippen molar-refractivity contribution in [3.63, 3.8) is 0 Å². The predicted molar refractivity (Wildman–Crippen MR) is 180 cm³/mol. The van der Waals surface area contributed by atoms with Gasteiger partial charge in [-0.05, 0) is 87.9 Å². The van der Waals surface area contributed by atoms with Crippen molar-refractivity contribution in [2.45, 2.75) is 45.7 Å². The maximum Gasteiger partial charge on any atom is 0.340 e. The van der Waals surface area contributed by atoms with Crippen molar-refractivity contribution in [1.82, 2.24) is 4.31 Å². The molecule has 48 heavy (non-hydrogen) atoms. The Kier molecular flexibility index (Phi) is 10.1. The molecule has 0 unspecified atom stereocenters. The first-order valence-corrected chi connectivity index (χ1v) is 16.7. The van der Waals surface area contributed by atoms with E-state index in [1.807, 2.05) is 38.1 Å². The van der Waals surface area contributed by atoms with E-state index in [0.29, 0.717) is 22.7 Å². The van der Waals surface area contributed by atoms with Gasteiger partial charge in [-0.2, -0.15) is 4.31 Å². The van der Waals surface area contributed by atoms with E-state index in [2.05, 4.69) is 0 Å². The molecule has 11 heteroatoms. The summed E-state index contributed by atoms with van der Waals surface area (Å²) in [6, 6.07) is 23.8. The zero-order valence-electron chi connectivity index (χ0n) is 27.4. The van der Waals surface area contributed by atoms with E-state index in [1.165, 1.54) is 22.4 Å².